The first-order chi connectivity index (χ1) is 11.5. The second kappa shape index (κ2) is 7.81. The molecule has 0 aliphatic heterocycles. The largest absolute Gasteiger partial charge is 0.507 e. The first kappa shape index (κ1) is 17.8. The fourth-order valence-corrected chi connectivity index (χ4v) is 2.74. The topological polar surface area (TPSA) is 68.7 Å². The number of rotatable bonds is 6. The Balaban J connectivity index is 2.17. The van der Waals surface area contributed by atoms with Gasteiger partial charge in [-0.2, -0.15) is 0 Å². The molecule has 128 valence electrons. The van der Waals surface area contributed by atoms with Gasteiger partial charge in [-0.3, -0.25) is 9.79 Å². The van der Waals surface area contributed by atoms with Crippen LogP contribution in [0.4, 0.5) is 5.69 Å². The van der Waals surface area contributed by atoms with Crippen molar-refractivity contribution in [3.05, 3.63) is 57.0 Å². The summed E-state index contributed by atoms with van der Waals surface area (Å²) in [4.78, 5) is 21.2. The maximum Gasteiger partial charge on any atom is 0.253 e. The highest BCUT2D eigenvalue weighted by Gasteiger charge is 2.06. The highest BCUT2D eigenvalue weighted by molar-refractivity contribution is 5.84. The molecule has 0 spiro atoms. The number of hydrogen-bond acceptors (Lipinski definition) is 4. The zero-order chi connectivity index (χ0) is 17.7. The summed E-state index contributed by atoms with van der Waals surface area (Å²) in [5.74, 6) is 0.192. The minimum atomic E-state index is -0.106. The van der Waals surface area contributed by atoms with Gasteiger partial charge in [-0.15, -0.1) is 0 Å². The van der Waals surface area contributed by atoms with Crippen molar-refractivity contribution in [2.24, 2.45) is 4.99 Å². The van der Waals surface area contributed by atoms with E-state index in [1.807, 2.05) is 32.0 Å². The molecule has 0 aliphatic rings. The van der Waals surface area contributed by atoms with E-state index in [9.17, 15) is 9.90 Å². The van der Waals surface area contributed by atoms with Crippen molar-refractivity contribution < 1.29 is 5.11 Å². The number of benzene rings is 1. The third-order valence-electron chi connectivity index (χ3n) is 4.12. The molecular formula is C19H25N3O2. The molecule has 0 amide bonds. The number of aryl methyl sites for hydroxylation is 2. The maximum absolute atomic E-state index is 12.0. The number of H-pyrrole nitrogens is 1. The first-order valence-corrected chi connectivity index (χ1v) is 8.23. The lowest BCUT2D eigenvalue weighted by Gasteiger charge is -2.21. The van der Waals surface area contributed by atoms with Crippen molar-refractivity contribution in [3.63, 3.8) is 0 Å². The number of anilines is 1. The second-order valence-electron chi connectivity index (χ2n) is 5.83. The monoisotopic (exact) mass is 327 g/mol. The summed E-state index contributed by atoms with van der Waals surface area (Å²) in [5, 5.41) is 10.2. The molecule has 5 heteroatoms. The van der Waals surface area contributed by atoms with E-state index in [0.717, 1.165) is 30.0 Å². The molecule has 1 aromatic heterocycles. The predicted molar refractivity (Wildman–Crippen MR) is 99.5 cm³/mol. The summed E-state index contributed by atoms with van der Waals surface area (Å²) < 4.78 is 0. The van der Waals surface area contributed by atoms with Crippen LogP contribution in [0.25, 0.3) is 0 Å². The normalized spacial score (nSPS) is 11.2. The molecule has 0 saturated heterocycles. The number of aromatic nitrogens is 1. The number of phenols is 1. The lowest BCUT2D eigenvalue weighted by atomic mass is 10.1. The summed E-state index contributed by atoms with van der Waals surface area (Å²) in [7, 11) is 0. The lowest BCUT2D eigenvalue weighted by molar-refractivity contribution is 0.474. The first-order valence-electron chi connectivity index (χ1n) is 8.23. The summed E-state index contributed by atoms with van der Waals surface area (Å²) in [6.45, 7) is 9.99. The zero-order valence-electron chi connectivity index (χ0n) is 14.8. The number of pyridine rings is 1. The molecule has 0 atom stereocenters. The second-order valence-corrected chi connectivity index (χ2v) is 5.83. The minimum Gasteiger partial charge on any atom is -0.507 e. The Bertz CT molecular complexity index is 790. The molecule has 2 rings (SSSR count). The van der Waals surface area contributed by atoms with Crippen molar-refractivity contribution in [2.75, 3.05) is 18.0 Å². The Morgan fingerprint density at radius 1 is 1.21 bits per heavy atom. The van der Waals surface area contributed by atoms with Gasteiger partial charge in [0, 0.05) is 47.9 Å². The lowest BCUT2D eigenvalue weighted by Crippen LogP contribution is -2.21. The van der Waals surface area contributed by atoms with Crippen LogP contribution in [-0.4, -0.2) is 29.4 Å². The molecule has 0 unspecified atom stereocenters. The van der Waals surface area contributed by atoms with Crippen molar-refractivity contribution in [3.8, 4) is 5.75 Å². The van der Waals surface area contributed by atoms with Crippen LogP contribution in [0, 0.1) is 13.8 Å². The Labute approximate surface area is 142 Å². The van der Waals surface area contributed by atoms with Crippen molar-refractivity contribution in [2.45, 2.75) is 34.2 Å². The van der Waals surface area contributed by atoms with Gasteiger partial charge in [-0.1, -0.05) is 0 Å². The van der Waals surface area contributed by atoms with E-state index >= 15 is 0 Å². The van der Waals surface area contributed by atoms with Gasteiger partial charge in [0.1, 0.15) is 5.75 Å². The fourth-order valence-electron chi connectivity index (χ4n) is 2.74. The summed E-state index contributed by atoms with van der Waals surface area (Å²) in [6.07, 6.45) is 1.61. The number of nitrogens with one attached hydrogen (secondary N) is 1. The van der Waals surface area contributed by atoms with Gasteiger partial charge in [0.15, 0.2) is 0 Å². The van der Waals surface area contributed by atoms with Gasteiger partial charge in [-0.05, 0) is 51.5 Å². The Kier molecular flexibility index (Phi) is 5.79. The minimum absolute atomic E-state index is 0.106. The van der Waals surface area contributed by atoms with Crippen LogP contribution >= 0.6 is 0 Å². The van der Waals surface area contributed by atoms with E-state index in [-0.39, 0.29) is 11.3 Å². The fraction of sp³-hybridized carbons (Fsp3) is 0.368. The van der Waals surface area contributed by atoms with E-state index in [0.29, 0.717) is 17.7 Å². The highest BCUT2D eigenvalue weighted by Crippen LogP contribution is 2.23. The molecule has 0 saturated carbocycles. The van der Waals surface area contributed by atoms with E-state index in [2.05, 4.69) is 28.7 Å². The summed E-state index contributed by atoms with van der Waals surface area (Å²) in [6, 6.07) is 7.50. The third-order valence-corrected chi connectivity index (χ3v) is 4.12. The Hall–Kier alpha value is -2.56. The molecule has 5 nitrogen and oxygen atoms in total. The van der Waals surface area contributed by atoms with Gasteiger partial charge in [0.25, 0.3) is 5.56 Å². The average Bonchev–Trinajstić information content (AvgIpc) is 2.52. The molecular weight excluding hydrogens is 302 g/mol. The van der Waals surface area contributed by atoms with E-state index < -0.39 is 0 Å². The Morgan fingerprint density at radius 3 is 2.50 bits per heavy atom. The van der Waals surface area contributed by atoms with Crippen molar-refractivity contribution in [1.82, 2.24) is 4.98 Å². The molecule has 2 aromatic rings. The molecule has 2 N–H and O–H groups in total. The van der Waals surface area contributed by atoms with Crippen LogP contribution in [-0.2, 0) is 6.54 Å². The van der Waals surface area contributed by atoms with Gasteiger partial charge >= 0.3 is 0 Å². The maximum atomic E-state index is 12.0. The van der Waals surface area contributed by atoms with Crippen LogP contribution in [0.5, 0.6) is 5.75 Å². The van der Waals surface area contributed by atoms with E-state index in [1.54, 1.807) is 12.3 Å². The number of nitrogens with zero attached hydrogens (tertiary/aromatic N) is 2. The van der Waals surface area contributed by atoms with E-state index in [4.69, 9.17) is 0 Å². The number of aliphatic imine (C=N–C) groups is 1. The molecule has 0 aliphatic carbocycles. The quantitative estimate of drug-likeness (QED) is 0.801. The van der Waals surface area contributed by atoms with Crippen LogP contribution < -0.4 is 10.5 Å². The highest BCUT2D eigenvalue weighted by atomic mass is 16.3. The SMILES string of the molecule is CCN(CC)c1ccc(C=NCc2c(C)cc(C)[nH]c2=O)c(O)c1. The summed E-state index contributed by atoms with van der Waals surface area (Å²) >= 11 is 0. The third kappa shape index (κ3) is 4.04. The molecule has 24 heavy (non-hydrogen) atoms. The van der Waals surface area contributed by atoms with E-state index in [1.165, 1.54) is 0 Å². The molecule has 1 aromatic carbocycles. The smallest absolute Gasteiger partial charge is 0.253 e. The number of phenolic OH excluding ortho intramolecular Hbond substituents is 1. The van der Waals surface area contributed by atoms with Gasteiger partial charge in [0.2, 0.25) is 0 Å². The van der Waals surface area contributed by atoms with Crippen LogP contribution in [0.3, 0.4) is 0 Å². The zero-order valence-corrected chi connectivity index (χ0v) is 14.8. The Morgan fingerprint density at radius 2 is 1.92 bits per heavy atom. The summed E-state index contributed by atoms with van der Waals surface area (Å²) in [5.41, 5.74) is 3.94. The van der Waals surface area contributed by atoms with Crippen LogP contribution in [0.2, 0.25) is 0 Å². The average molecular weight is 327 g/mol. The molecule has 0 bridgehead atoms. The van der Waals surface area contributed by atoms with Crippen molar-refractivity contribution >= 4 is 11.9 Å². The predicted octanol–water partition coefficient (Wildman–Crippen LogP) is 3.16. The van der Waals surface area contributed by atoms with Crippen LogP contribution in [0.1, 0.15) is 36.2 Å². The standard InChI is InChI=1S/C19H25N3O2/c1-5-22(6-2)16-8-7-15(18(23)10-16)11-20-12-17-13(3)9-14(4)21-19(17)24/h7-11,23H,5-6,12H2,1-4H3,(H,21,24). The number of hydrogen-bond donors (Lipinski definition) is 2. The van der Waals surface area contributed by atoms with Gasteiger partial charge < -0.3 is 15.0 Å². The molecule has 1 heterocycles. The van der Waals surface area contributed by atoms with Gasteiger partial charge in [-0.25, -0.2) is 0 Å². The number of aromatic amines is 1. The van der Waals surface area contributed by atoms with Crippen molar-refractivity contribution in [1.29, 1.82) is 0 Å². The molecule has 0 fully saturated rings. The van der Waals surface area contributed by atoms with Gasteiger partial charge in [0.05, 0.1) is 6.54 Å². The van der Waals surface area contributed by atoms with Crippen LogP contribution in [0.15, 0.2) is 34.1 Å². The molecule has 0 radical (unpaired) electrons. The number of aromatic hydroxyl groups is 1.